The Balaban J connectivity index is 0.00000121. The van der Waals surface area contributed by atoms with E-state index in [0.717, 1.165) is 0 Å². The van der Waals surface area contributed by atoms with Crippen molar-refractivity contribution in [1.29, 1.82) is 0 Å². The van der Waals surface area contributed by atoms with E-state index in [0.29, 0.717) is 16.3 Å². The summed E-state index contributed by atoms with van der Waals surface area (Å²) in [7, 11) is -9.57. The van der Waals surface area contributed by atoms with Crippen molar-refractivity contribution in [2.45, 2.75) is 6.92 Å². The van der Waals surface area contributed by atoms with Crippen molar-refractivity contribution in [2.75, 3.05) is 0 Å². The molecule has 0 aromatic heterocycles. The van der Waals surface area contributed by atoms with Gasteiger partial charge in [0, 0.05) is 69.9 Å². The van der Waals surface area contributed by atoms with Gasteiger partial charge in [-0.2, -0.15) is 16.8 Å². The van der Waals surface area contributed by atoms with Crippen LogP contribution in [0.2, 0.25) is 0 Å². The van der Waals surface area contributed by atoms with Crippen molar-refractivity contribution < 1.29 is 28.8 Å². The minimum Gasteiger partial charge on any atom is -0.360 e. The first-order valence-electron chi connectivity index (χ1n) is 5.40. The summed E-state index contributed by atoms with van der Waals surface area (Å²) in [6.45, 7) is 1.57. The summed E-state index contributed by atoms with van der Waals surface area (Å²) in [6.07, 6.45) is 0. The largest absolute Gasteiger partial charge is 0.466 e. The molecule has 1 aliphatic heterocycles. The maximum absolute atomic E-state index is 11.6. The van der Waals surface area contributed by atoms with Crippen LogP contribution in [0.4, 0.5) is 0 Å². The third-order valence-electron chi connectivity index (χ3n) is 2.69. The molecule has 1 heterocycles. The van der Waals surface area contributed by atoms with Crippen LogP contribution in [0, 0.1) is 6.92 Å². The summed E-state index contributed by atoms with van der Waals surface area (Å²) in [5.41, 5.74) is 0.406. The van der Waals surface area contributed by atoms with Crippen LogP contribution in [0.5, 0.6) is 11.5 Å². The van der Waals surface area contributed by atoms with Gasteiger partial charge >= 0.3 is 20.8 Å². The van der Waals surface area contributed by atoms with Gasteiger partial charge in [0.25, 0.3) is 0 Å². The fourth-order valence-electron chi connectivity index (χ4n) is 1.97. The van der Waals surface area contributed by atoms with Crippen LogP contribution in [0.15, 0.2) is 30.3 Å². The maximum atomic E-state index is 11.6. The van der Waals surface area contributed by atoms with E-state index in [4.69, 9.17) is 8.37 Å². The zero-order chi connectivity index (χ0) is 14.5. The summed E-state index contributed by atoms with van der Waals surface area (Å²) in [5, 5.41) is 0.809. The molecule has 2 aromatic rings. The molecule has 0 amide bonds. The van der Waals surface area contributed by atoms with Crippen molar-refractivity contribution in [2.24, 2.45) is 0 Å². The molecule has 11 heteroatoms. The molecule has 0 saturated heterocycles. The van der Waals surface area contributed by atoms with Gasteiger partial charge in [0.1, 0.15) is 0 Å². The van der Waals surface area contributed by atoms with Crippen molar-refractivity contribution in [3.05, 3.63) is 35.9 Å². The average molecular weight is 362 g/mol. The van der Waals surface area contributed by atoms with Crippen LogP contribution < -0.4 is 8.37 Å². The second-order valence-electron chi connectivity index (χ2n) is 4.12. The van der Waals surface area contributed by atoms with Gasteiger partial charge in [0.2, 0.25) is 0 Å². The summed E-state index contributed by atoms with van der Waals surface area (Å²) < 4.78 is 59.6. The Morgan fingerprint density at radius 2 is 1.41 bits per heavy atom. The number of benzene rings is 2. The topological polar surface area (TPSA) is 96.0 Å². The number of rotatable bonds is 0. The van der Waals surface area contributed by atoms with Gasteiger partial charge in [-0.15, -0.1) is 0 Å². The van der Waals surface area contributed by atoms with Crippen LogP contribution in [-0.4, -0.2) is 76.0 Å². The molecular weight excluding hydrogens is 354 g/mol. The molecule has 0 atom stereocenters. The van der Waals surface area contributed by atoms with E-state index in [-0.39, 0.29) is 70.6 Å². The molecule has 2 bridgehead atoms. The standard InChI is InChI=1S/C11H8O7S2.2Na/c1-7-6-10-8-4-2-3-5-9(8)11(7)17-20(14,15)18-19(12,13)16-10;;/h2-6H,1H3;;. The van der Waals surface area contributed by atoms with Crippen LogP contribution in [-0.2, 0) is 24.4 Å². The van der Waals surface area contributed by atoms with Crippen molar-refractivity contribution >= 4 is 90.7 Å². The predicted octanol–water partition coefficient (Wildman–Crippen LogP) is 0.664. The first kappa shape index (κ1) is 20.2. The molecule has 0 spiro atoms. The Morgan fingerprint density at radius 1 is 0.864 bits per heavy atom. The first-order valence-corrected chi connectivity index (χ1v) is 8.06. The fraction of sp³-hybridized carbons (Fsp3) is 0.0909. The second-order valence-corrected chi connectivity index (χ2v) is 6.63. The van der Waals surface area contributed by atoms with Crippen LogP contribution in [0.1, 0.15) is 5.56 Å². The van der Waals surface area contributed by atoms with Gasteiger partial charge in [-0.3, -0.25) is 0 Å². The average Bonchev–Trinajstić information content (AvgIpc) is 2.37. The Bertz CT molecular complexity index is 923. The Labute approximate surface area is 172 Å². The van der Waals surface area contributed by atoms with Crippen molar-refractivity contribution in [3.63, 3.8) is 0 Å². The van der Waals surface area contributed by atoms with Crippen LogP contribution >= 0.6 is 0 Å². The minimum atomic E-state index is -4.79. The third-order valence-corrected chi connectivity index (χ3v) is 4.77. The third kappa shape index (κ3) is 3.97. The van der Waals surface area contributed by atoms with E-state index in [1.54, 1.807) is 31.2 Å². The molecule has 0 fully saturated rings. The summed E-state index contributed by atoms with van der Waals surface area (Å²) in [5.74, 6) is -0.0207. The monoisotopic (exact) mass is 362 g/mol. The smallest absolute Gasteiger partial charge is 0.360 e. The molecule has 0 unspecified atom stereocenters. The van der Waals surface area contributed by atoms with Gasteiger partial charge in [0.15, 0.2) is 11.5 Å². The number of hydrogen-bond acceptors (Lipinski definition) is 7. The molecule has 7 nitrogen and oxygen atoms in total. The molecule has 2 radical (unpaired) electrons. The van der Waals surface area contributed by atoms with Crippen LogP contribution in [0.25, 0.3) is 10.8 Å². The Morgan fingerprint density at radius 3 is 2.05 bits per heavy atom. The van der Waals surface area contributed by atoms with E-state index >= 15 is 0 Å². The number of aryl methyl sites for hydroxylation is 1. The van der Waals surface area contributed by atoms with E-state index in [2.05, 4.69) is 3.63 Å². The molecular formula is C11H8Na2O7S2. The second kappa shape index (κ2) is 6.96. The fourth-order valence-corrected chi connectivity index (χ4v) is 3.79. The van der Waals surface area contributed by atoms with E-state index in [9.17, 15) is 16.8 Å². The minimum absolute atomic E-state index is 0. The van der Waals surface area contributed by atoms with Gasteiger partial charge in [-0.1, -0.05) is 27.9 Å². The van der Waals surface area contributed by atoms with Crippen molar-refractivity contribution in [1.82, 2.24) is 0 Å². The number of hydrogen-bond donors (Lipinski definition) is 0. The first-order chi connectivity index (χ1) is 9.27. The molecule has 1 aliphatic rings. The zero-order valence-corrected chi connectivity index (χ0v) is 17.7. The molecule has 108 valence electrons. The predicted molar refractivity (Wildman–Crippen MR) is 80.4 cm³/mol. The summed E-state index contributed by atoms with van der Waals surface area (Å²) in [6, 6.07) is 7.88. The maximum Gasteiger partial charge on any atom is 0.466 e. The molecule has 0 N–H and O–H groups in total. The SMILES string of the molecule is Cc1cc2c3ccccc3c1OS(=O)(=O)OS(=O)(=O)O2.[Na].[Na]. The molecule has 3 rings (SSSR count). The van der Waals surface area contributed by atoms with Gasteiger partial charge < -0.3 is 8.37 Å². The van der Waals surface area contributed by atoms with Gasteiger partial charge in [-0.25, -0.2) is 0 Å². The zero-order valence-electron chi connectivity index (χ0n) is 12.1. The summed E-state index contributed by atoms with van der Waals surface area (Å²) >= 11 is 0. The van der Waals surface area contributed by atoms with Gasteiger partial charge in [0.05, 0.1) is 0 Å². The quantitative estimate of drug-likeness (QED) is 0.636. The van der Waals surface area contributed by atoms with E-state index in [1.807, 2.05) is 0 Å². The van der Waals surface area contributed by atoms with E-state index in [1.165, 1.54) is 6.07 Å². The molecule has 0 saturated carbocycles. The Kier molecular flexibility index (Phi) is 6.39. The molecule has 0 aliphatic carbocycles. The normalized spacial score (nSPS) is 17.7. The van der Waals surface area contributed by atoms with Gasteiger partial charge in [-0.05, 0) is 18.6 Å². The Hall–Kier alpha value is 0.160. The molecule has 22 heavy (non-hydrogen) atoms. The van der Waals surface area contributed by atoms with Crippen LogP contribution in [0.3, 0.4) is 0 Å². The summed E-state index contributed by atoms with van der Waals surface area (Å²) in [4.78, 5) is 0. The van der Waals surface area contributed by atoms with E-state index < -0.39 is 20.8 Å². The molecule has 2 aromatic carbocycles. The van der Waals surface area contributed by atoms with Crippen molar-refractivity contribution in [3.8, 4) is 11.5 Å².